The zero-order valence-corrected chi connectivity index (χ0v) is 23.2. The summed E-state index contributed by atoms with van der Waals surface area (Å²) >= 11 is 7.43. The van der Waals surface area contributed by atoms with Gasteiger partial charge < -0.3 is 0 Å². The van der Waals surface area contributed by atoms with Gasteiger partial charge in [-0.1, -0.05) is 102 Å². The van der Waals surface area contributed by atoms with Gasteiger partial charge in [-0.3, -0.25) is 9.36 Å². The van der Waals surface area contributed by atoms with Crippen molar-refractivity contribution in [1.29, 1.82) is 0 Å². The highest BCUT2D eigenvalue weighted by molar-refractivity contribution is 7.99. The lowest BCUT2D eigenvalue weighted by atomic mass is 9.97. The van der Waals surface area contributed by atoms with Crippen LogP contribution in [0, 0.1) is 6.92 Å². The summed E-state index contributed by atoms with van der Waals surface area (Å²) in [5.74, 6) is 0.562. The first kappa shape index (κ1) is 25.8. The molecule has 6 aromatic rings. The number of rotatable bonds is 7. The van der Waals surface area contributed by atoms with Crippen LogP contribution in [0.5, 0.6) is 0 Å². The summed E-state index contributed by atoms with van der Waals surface area (Å²) in [7, 11) is 0. The number of halogens is 1. The van der Waals surface area contributed by atoms with E-state index >= 15 is 0 Å². The SMILES string of the molecule is Cc1ccc(-c2nnc(SCC(=O)N/N=C\c3c4ccccc4cc4ccccc34)n2-c2ccc(Cl)cc2)cc1. The van der Waals surface area contributed by atoms with Crippen LogP contribution in [0.4, 0.5) is 0 Å². The molecule has 0 saturated heterocycles. The van der Waals surface area contributed by atoms with E-state index in [9.17, 15) is 4.79 Å². The summed E-state index contributed by atoms with van der Waals surface area (Å²) in [5.41, 5.74) is 6.58. The van der Waals surface area contributed by atoms with Crippen LogP contribution >= 0.6 is 23.4 Å². The Morgan fingerprint density at radius 3 is 2.23 bits per heavy atom. The molecule has 1 amide bonds. The Bertz CT molecular complexity index is 1810. The van der Waals surface area contributed by atoms with Crippen LogP contribution in [-0.2, 0) is 4.79 Å². The second-order valence-corrected chi connectivity index (χ2v) is 10.7. The zero-order chi connectivity index (χ0) is 27.5. The third-order valence-corrected chi connectivity index (χ3v) is 7.74. The monoisotopic (exact) mass is 561 g/mol. The normalized spacial score (nSPS) is 11.4. The summed E-state index contributed by atoms with van der Waals surface area (Å²) in [6, 6.07) is 34.1. The molecule has 1 aromatic heterocycles. The maximum absolute atomic E-state index is 12.8. The number of aryl methyl sites for hydroxylation is 1. The molecule has 0 atom stereocenters. The summed E-state index contributed by atoms with van der Waals surface area (Å²) in [6.45, 7) is 2.04. The van der Waals surface area contributed by atoms with Gasteiger partial charge >= 0.3 is 0 Å². The van der Waals surface area contributed by atoms with Crippen LogP contribution in [0.15, 0.2) is 113 Å². The average Bonchev–Trinajstić information content (AvgIpc) is 3.40. The summed E-state index contributed by atoms with van der Waals surface area (Å²) in [6.07, 6.45) is 1.72. The Hall–Kier alpha value is -4.46. The average molecular weight is 562 g/mol. The number of hydrogen-bond donors (Lipinski definition) is 1. The number of nitrogens with zero attached hydrogens (tertiary/aromatic N) is 4. The van der Waals surface area contributed by atoms with Crippen molar-refractivity contribution in [3.05, 3.63) is 119 Å². The lowest BCUT2D eigenvalue weighted by molar-refractivity contribution is -0.118. The van der Waals surface area contributed by atoms with E-state index in [0.29, 0.717) is 16.0 Å². The van der Waals surface area contributed by atoms with Crippen molar-refractivity contribution in [2.75, 3.05) is 5.75 Å². The molecule has 8 heteroatoms. The fourth-order valence-electron chi connectivity index (χ4n) is 4.60. The third kappa shape index (κ3) is 5.34. The smallest absolute Gasteiger partial charge is 0.250 e. The van der Waals surface area contributed by atoms with Gasteiger partial charge in [0.25, 0.3) is 5.91 Å². The Kier molecular flexibility index (Phi) is 7.31. The number of amides is 1. The Labute approximate surface area is 240 Å². The molecule has 0 unspecified atom stereocenters. The molecule has 0 radical (unpaired) electrons. The van der Waals surface area contributed by atoms with Crippen LogP contribution in [-0.4, -0.2) is 32.6 Å². The summed E-state index contributed by atoms with van der Waals surface area (Å²) < 4.78 is 1.93. The van der Waals surface area contributed by atoms with Crippen molar-refractivity contribution in [2.24, 2.45) is 5.10 Å². The molecule has 5 aromatic carbocycles. The van der Waals surface area contributed by atoms with E-state index in [4.69, 9.17) is 11.6 Å². The van der Waals surface area contributed by atoms with Gasteiger partial charge in [-0.05, 0) is 58.8 Å². The first-order valence-corrected chi connectivity index (χ1v) is 14.1. The predicted molar refractivity (Wildman–Crippen MR) is 164 cm³/mol. The second-order valence-electron chi connectivity index (χ2n) is 9.30. The lowest BCUT2D eigenvalue weighted by Crippen LogP contribution is -2.20. The fourth-order valence-corrected chi connectivity index (χ4v) is 5.47. The minimum Gasteiger partial charge on any atom is -0.272 e. The number of thioether (sulfide) groups is 1. The van der Waals surface area contributed by atoms with E-state index in [1.807, 2.05) is 84.3 Å². The van der Waals surface area contributed by atoms with Crippen molar-refractivity contribution < 1.29 is 4.79 Å². The molecule has 196 valence electrons. The quantitative estimate of drug-likeness (QED) is 0.0951. The molecule has 0 saturated carbocycles. The largest absolute Gasteiger partial charge is 0.272 e. The van der Waals surface area contributed by atoms with Crippen LogP contribution in [0.1, 0.15) is 11.1 Å². The van der Waals surface area contributed by atoms with Crippen molar-refractivity contribution in [3.63, 3.8) is 0 Å². The van der Waals surface area contributed by atoms with E-state index in [0.717, 1.165) is 43.9 Å². The molecular weight excluding hydrogens is 538 g/mol. The van der Waals surface area contributed by atoms with Gasteiger partial charge in [-0.2, -0.15) is 5.10 Å². The lowest BCUT2D eigenvalue weighted by Gasteiger charge is -2.10. The van der Waals surface area contributed by atoms with Crippen LogP contribution in [0.3, 0.4) is 0 Å². The number of fused-ring (bicyclic) bond motifs is 2. The number of carbonyl (C=O) groups is 1. The molecule has 0 spiro atoms. The van der Waals surface area contributed by atoms with Gasteiger partial charge in [0.15, 0.2) is 11.0 Å². The molecule has 6 rings (SSSR count). The van der Waals surface area contributed by atoms with Crippen LogP contribution in [0.25, 0.3) is 38.6 Å². The Balaban J connectivity index is 1.23. The predicted octanol–water partition coefficient (Wildman–Crippen LogP) is 7.44. The van der Waals surface area contributed by atoms with Gasteiger partial charge in [0, 0.05) is 21.8 Å². The molecule has 40 heavy (non-hydrogen) atoms. The van der Waals surface area contributed by atoms with Crippen molar-refractivity contribution in [2.45, 2.75) is 12.1 Å². The molecule has 0 aliphatic rings. The van der Waals surface area contributed by atoms with Crippen LogP contribution in [0.2, 0.25) is 5.02 Å². The van der Waals surface area contributed by atoms with Crippen molar-refractivity contribution >= 4 is 57.0 Å². The van der Waals surface area contributed by atoms with Gasteiger partial charge in [0.05, 0.1) is 12.0 Å². The first-order valence-electron chi connectivity index (χ1n) is 12.7. The van der Waals surface area contributed by atoms with E-state index in [1.54, 1.807) is 6.21 Å². The fraction of sp³-hybridized carbons (Fsp3) is 0.0625. The van der Waals surface area contributed by atoms with Gasteiger partial charge in [0.1, 0.15) is 0 Å². The molecule has 1 N–H and O–H groups in total. The zero-order valence-electron chi connectivity index (χ0n) is 21.6. The molecule has 0 fully saturated rings. The maximum atomic E-state index is 12.8. The molecule has 0 aliphatic carbocycles. The van der Waals surface area contributed by atoms with E-state index in [-0.39, 0.29) is 11.7 Å². The summed E-state index contributed by atoms with van der Waals surface area (Å²) in [5, 5.41) is 18.8. The molecule has 0 bridgehead atoms. The third-order valence-electron chi connectivity index (χ3n) is 6.56. The highest BCUT2D eigenvalue weighted by Gasteiger charge is 2.17. The second kappa shape index (κ2) is 11.3. The molecule has 0 aliphatic heterocycles. The number of hydrazone groups is 1. The minimum atomic E-state index is -0.242. The highest BCUT2D eigenvalue weighted by atomic mass is 35.5. The number of nitrogens with one attached hydrogen (secondary N) is 1. The Morgan fingerprint density at radius 2 is 1.55 bits per heavy atom. The molecule has 6 nitrogen and oxygen atoms in total. The van der Waals surface area contributed by atoms with E-state index < -0.39 is 0 Å². The number of aromatic nitrogens is 3. The highest BCUT2D eigenvalue weighted by Crippen LogP contribution is 2.29. The molecule has 1 heterocycles. The molecular formula is C32H24ClN5OS. The first-order chi connectivity index (χ1) is 19.6. The minimum absolute atomic E-state index is 0.118. The standard InChI is InChI=1S/C32H24ClN5OS/c1-21-10-12-22(13-11-21)31-36-37-32(38(31)26-16-14-25(33)15-17-26)40-20-30(39)35-34-19-29-27-8-4-2-6-23(27)18-24-7-3-5-9-28(24)29/h2-19H,20H2,1H3,(H,35,39)/b34-19-. The van der Waals surface area contributed by atoms with Crippen LogP contribution < -0.4 is 5.43 Å². The summed E-state index contributed by atoms with van der Waals surface area (Å²) in [4.78, 5) is 12.8. The van der Waals surface area contributed by atoms with Crippen molar-refractivity contribution in [3.8, 4) is 17.1 Å². The number of hydrogen-bond acceptors (Lipinski definition) is 5. The van der Waals surface area contributed by atoms with Crippen molar-refractivity contribution in [1.82, 2.24) is 20.2 Å². The van der Waals surface area contributed by atoms with Gasteiger partial charge in [-0.25, -0.2) is 5.43 Å². The van der Waals surface area contributed by atoms with E-state index in [1.165, 1.54) is 11.8 Å². The number of carbonyl (C=O) groups excluding carboxylic acids is 1. The van der Waals surface area contributed by atoms with Gasteiger partial charge in [0.2, 0.25) is 0 Å². The van der Waals surface area contributed by atoms with E-state index in [2.05, 4.69) is 51.1 Å². The number of benzene rings is 5. The maximum Gasteiger partial charge on any atom is 0.250 e. The topological polar surface area (TPSA) is 72.2 Å². The van der Waals surface area contributed by atoms with Gasteiger partial charge in [-0.15, -0.1) is 10.2 Å². The Morgan fingerprint density at radius 1 is 0.900 bits per heavy atom.